The minimum Gasteiger partial charge on any atom is -0.456 e. The summed E-state index contributed by atoms with van der Waals surface area (Å²) in [6.07, 6.45) is 0. The Morgan fingerprint density at radius 3 is 1.57 bits per heavy atom. The molecule has 226 valence electrons. The Hall–Kier alpha value is -6.69. The lowest BCUT2D eigenvalue weighted by molar-refractivity contribution is 0.487. The van der Waals surface area contributed by atoms with E-state index < -0.39 is 0 Å². The molecule has 0 aromatic heterocycles. The molecule has 1 aliphatic heterocycles. The molecule has 1 heterocycles. The van der Waals surface area contributed by atoms with Crippen molar-refractivity contribution in [1.29, 1.82) is 5.26 Å². The molecule has 0 aliphatic carbocycles. The van der Waals surface area contributed by atoms with Crippen LogP contribution in [0, 0.1) is 11.3 Å². The Labute approximate surface area is 283 Å². The van der Waals surface area contributed by atoms with Crippen molar-refractivity contribution < 1.29 is 4.74 Å². The van der Waals surface area contributed by atoms with Crippen LogP contribution in [0.3, 0.4) is 0 Å². The molecule has 0 unspecified atom stereocenters. The van der Waals surface area contributed by atoms with Gasteiger partial charge < -0.3 is 4.74 Å². The van der Waals surface area contributed by atoms with Crippen molar-refractivity contribution >= 4 is 43.1 Å². The molecule has 2 nitrogen and oxygen atoms in total. The molecule has 10 rings (SSSR count). The number of hydrogen-bond donors (Lipinski definition) is 0. The fourth-order valence-corrected chi connectivity index (χ4v) is 7.80. The molecule has 2 heteroatoms. The first kappa shape index (κ1) is 27.4. The molecular formula is C47H27NO. The zero-order valence-corrected chi connectivity index (χ0v) is 26.4. The summed E-state index contributed by atoms with van der Waals surface area (Å²) in [4.78, 5) is 0. The maximum absolute atomic E-state index is 9.72. The van der Waals surface area contributed by atoms with Crippen molar-refractivity contribution in [3.8, 4) is 62.1 Å². The van der Waals surface area contributed by atoms with Gasteiger partial charge in [0.2, 0.25) is 0 Å². The van der Waals surface area contributed by atoms with Gasteiger partial charge in [0.05, 0.1) is 11.6 Å². The molecule has 49 heavy (non-hydrogen) atoms. The highest BCUT2D eigenvalue weighted by molar-refractivity contribution is 6.23. The summed E-state index contributed by atoms with van der Waals surface area (Å²) in [6.45, 7) is 0. The second-order valence-electron chi connectivity index (χ2n) is 12.7. The minimum atomic E-state index is 0.658. The van der Waals surface area contributed by atoms with E-state index in [0.29, 0.717) is 5.56 Å². The highest BCUT2D eigenvalue weighted by Gasteiger charge is 2.22. The zero-order valence-electron chi connectivity index (χ0n) is 26.4. The molecule has 0 radical (unpaired) electrons. The highest BCUT2D eigenvalue weighted by Crippen LogP contribution is 2.48. The molecule has 0 saturated carbocycles. The second kappa shape index (κ2) is 10.7. The van der Waals surface area contributed by atoms with E-state index in [9.17, 15) is 5.26 Å². The molecule has 0 spiro atoms. The lowest BCUT2D eigenvalue weighted by Crippen LogP contribution is -1.98. The van der Waals surface area contributed by atoms with Gasteiger partial charge in [-0.15, -0.1) is 0 Å². The molecule has 0 saturated heterocycles. The van der Waals surface area contributed by atoms with Gasteiger partial charge in [-0.25, -0.2) is 0 Å². The van der Waals surface area contributed by atoms with Crippen LogP contribution in [0.2, 0.25) is 0 Å². The monoisotopic (exact) mass is 621 g/mol. The van der Waals surface area contributed by atoms with Crippen molar-refractivity contribution in [3.63, 3.8) is 0 Å². The van der Waals surface area contributed by atoms with Crippen molar-refractivity contribution in [2.75, 3.05) is 0 Å². The molecule has 0 fully saturated rings. The van der Waals surface area contributed by atoms with E-state index in [1.807, 2.05) is 24.3 Å². The number of ether oxygens (including phenoxy) is 1. The van der Waals surface area contributed by atoms with Crippen LogP contribution < -0.4 is 4.74 Å². The second-order valence-corrected chi connectivity index (χ2v) is 12.7. The van der Waals surface area contributed by atoms with Gasteiger partial charge in [-0.1, -0.05) is 127 Å². The van der Waals surface area contributed by atoms with Crippen LogP contribution in [-0.4, -0.2) is 0 Å². The number of benzene rings is 9. The van der Waals surface area contributed by atoms with Crippen LogP contribution in [-0.2, 0) is 0 Å². The predicted molar refractivity (Wildman–Crippen MR) is 203 cm³/mol. The topological polar surface area (TPSA) is 33.0 Å². The normalized spacial score (nSPS) is 11.8. The third kappa shape index (κ3) is 4.20. The van der Waals surface area contributed by atoms with Crippen LogP contribution in [0.25, 0.3) is 87.6 Å². The molecule has 0 atom stereocenters. The number of rotatable bonds is 3. The third-order valence-corrected chi connectivity index (χ3v) is 10.1. The Morgan fingerprint density at radius 1 is 0.347 bits per heavy atom. The van der Waals surface area contributed by atoms with Crippen molar-refractivity contribution in [1.82, 2.24) is 0 Å². The van der Waals surface area contributed by atoms with Crippen LogP contribution in [0.4, 0.5) is 0 Å². The highest BCUT2D eigenvalue weighted by atomic mass is 16.5. The van der Waals surface area contributed by atoms with Crippen LogP contribution in [0.15, 0.2) is 164 Å². The number of fused-ring (bicyclic) bond motifs is 7. The van der Waals surface area contributed by atoms with E-state index in [-0.39, 0.29) is 0 Å². The largest absolute Gasteiger partial charge is 0.456 e. The fourth-order valence-electron chi connectivity index (χ4n) is 7.80. The summed E-state index contributed by atoms with van der Waals surface area (Å²) < 4.78 is 6.35. The summed E-state index contributed by atoms with van der Waals surface area (Å²) in [5.41, 5.74) is 9.94. The molecule has 0 amide bonds. The lowest BCUT2D eigenvalue weighted by Gasteiger charge is -2.22. The van der Waals surface area contributed by atoms with Crippen molar-refractivity contribution in [3.05, 3.63) is 169 Å². The lowest BCUT2D eigenvalue weighted by atomic mass is 9.87. The molecular weight excluding hydrogens is 595 g/mol. The molecule has 9 aromatic carbocycles. The van der Waals surface area contributed by atoms with E-state index in [1.165, 1.54) is 54.6 Å². The van der Waals surface area contributed by atoms with Gasteiger partial charge in [0.15, 0.2) is 0 Å². The summed E-state index contributed by atoms with van der Waals surface area (Å²) >= 11 is 0. The average molecular weight is 622 g/mol. The maximum Gasteiger partial charge on any atom is 0.136 e. The average Bonchev–Trinajstić information content (AvgIpc) is 3.18. The summed E-state index contributed by atoms with van der Waals surface area (Å²) in [6, 6.07) is 60.6. The van der Waals surface area contributed by atoms with E-state index in [2.05, 4.69) is 146 Å². The Morgan fingerprint density at radius 2 is 0.898 bits per heavy atom. The molecule has 0 N–H and O–H groups in total. The summed E-state index contributed by atoms with van der Waals surface area (Å²) in [5, 5.41) is 19.2. The quantitative estimate of drug-likeness (QED) is 0.184. The smallest absolute Gasteiger partial charge is 0.136 e. The fraction of sp³-hybridized carbons (Fsp3) is 0. The van der Waals surface area contributed by atoms with Crippen molar-refractivity contribution in [2.45, 2.75) is 0 Å². The first-order valence-electron chi connectivity index (χ1n) is 16.6. The van der Waals surface area contributed by atoms with Crippen LogP contribution >= 0.6 is 0 Å². The first-order valence-corrected chi connectivity index (χ1v) is 16.6. The van der Waals surface area contributed by atoms with Crippen LogP contribution in [0.5, 0.6) is 11.5 Å². The minimum absolute atomic E-state index is 0.658. The van der Waals surface area contributed by atoms with Gasteiger partial charge in [-0.2, -0.15) is 5.26 Å². The van der Waals surface area contributed by atoms with Gasteiger partial charge in [0.1, 0.15) is 11.5 Å². The van der Waals surface area contributed by atoms with E-state index >= 15 is 0 Å². The Balaban J connectivity index is 1.11. The maximum atomic E-state index is 9.72. The van der Waals surface area contributed by atoms with E-state index in [0.717, 1.165) is 44.5 Å². The first-order chi connectivity index (χ1) is 24.2. The van der Waals surface area contributed by atoms with Gasteiger partial charge in [-0.05, 0) is 108 Å². The molecule has 9 aromatic rings. The third-order valence-electron chi connectivity index (χ3n) is 10.1. The van der Waals surface area contributed by atoms with Crippen LogP contribution in [0.1, 0.15) is 5.56 Å². The SMILES string of the molecule is N#Cc1ccc2c3c(cccc13)-c1cc(-c3ccc(-c4cc5c6ccccc6c(-c6ccccc6)cc5c5ccccc45)cc3)ccc1O2. The summed E-state index contributed by atoms with van der Waals surface area (Å²) in [5.74, 6) is 1.62. The summed E-state index contributed by atoms with van der Waals surface area (Å²) in [7, 11) is 0. The van der Waals surface area contributed by atoms with Gasteiger partial charge in [-0.3, -0.25) is 0 Å². The van der Waals surface area contributed by atoms with Gasteiger partial charge >= 0.3 is 0 Å². The zero-order chi connectivity index (χ0) is 32.5. The number of nitriles is 1. The number of nitrogens with zero attached hydrogens (tertiary/aromatic N) is 1. The molecule has 1 aliphatic rings. The molecule has 0 bridgehead atoms. The van der Waals surface area contributed by atoms with E-state index in [1.54, 1.807) is 0 Å². The standard InChI is InChI=1S/C47H27NO/c48-28-33-22-24-46-47-34(33)15-8-16-39(47)44-25-32(21-23-45(44)49-46)29-17-19-31(20-18-29)41-27-43-37-13-6-4-11-35(37)40(30-9-2-1-3-10-30)26-42(43)38-14-7-5-12-36(38)41/h1-27H. The van der Waals surface area contributed by atoms with Gasteiger partial charge in [0.25, 0.3) is 0 Å². The van der Waals surface area contributed by atoms with Gasteiger partial charge in [0, 0.05) is 16.3 Å². The predicted octanol–water partition coefficient (Wildman–Crippen LogP) is 12.9. The van der Waals surface area contributed by atoms with Crippen molar-refractivity contribution in [2.24, 2.45) is 0 Å². The Kier molecular flexibility index (Phi) is 5.97. The Bertz CT molecular complexity index is 2840. The number of hydrogen-bond acceptors (Lipinski definition) is 2. The van der Waals surface area contributed by atoms with E-state index in [4.69, 9.17) is 4.74 Å².